The van der Waals surface area contributed by atoms with E-state index in [0.29, 0.717) is 11.5 Å². The number of fused-ring (bicyclic) bond motifs is 1. The first-order valence-corrected chi connectivity index (χ1v) is 8.67. The number of hydrogen-bond acceptors (Lipinski definition) is 3. The van der Waals surface area contributed by atoms with Crippen molar-refractivity contribution in [3.8, 4) is 0 Å². The molecule has 3 rings (SSSR count). The minimum absolute atomic E-state index is 0.433. The summed E-state index contributed by atoms with van der Waals surface area (Å²) in [7, 11) is 1.80. The molecule has 1 fully saturated rings. The van der Waals surface area contributed by atoms with Crippen molar-refractivity contribution in [3.63, 3.8) is 0 Å². The summed E-state index contributed by atoms with van der Waals surface area (Å²) in [6.45, 7) is 6.55. The minimum atomic E-state index is 0.433. The molecular formula is C18H25NOS. The van der Waals surface area contributed by atoms with E-state index in [2.05, 4.69) is 43.4 Å². The molecule has 1 aromatic carbocycles. The molecule has 1 heterocycles. The van der Waals surface area contributed by atoms with E-state index in [4.69, 9.17) is 4.74 Å². The van der Waals surface area contributed by atoms with E-state index >= 15 is 0 Å². The topological polar surface area (TPSA) is 21.3 Å². The highest BCUT2D eigenvalue weighted by molar-refractivity contribution is 7.19. The van der Waals surface area contributed by atoms with E-state index in [-0.39, 0.29) is 0 Å². The van der Waals surface area contributed by atoms with Crippen molar-refractivity contribution in [2.75, 3.05) is 20.3 Å². The molecular weight excluding hydrogens is 278 g/mol. The SMILES string of the molecule is COCCC1(CNC(C)c2sc3ccccc3c2C)CC1. The Labute approximate surface area is 131 Å². The normalized spacial score (nSPS) is 18.0. The van der Waals surface area contributed by atoms with E-state index in [1.807, 2.05) is 11.3 Å². The molecule has 0 spiro atoms. The van der Waals surface area contributed by atoms with E-state index in [1.54, 1.807) is 7.11 Å². The fraction of sp³-hybridized carbons (Fsp3) is 0.556. The van der Waals surface area contributed by atoms with Crippen LogP contribution in [0.15, 0.2) is 24.3 Å². The number of hydrogen-bond donors (Lipinski definition) is 1. The highest BCUT2D eigenvalue weighted by Gasteiger charge is 2.41. The number of rotatable bonds is 7. The number of ether oxygens (including phenoxy) is 1. The monoisotopic (exact) mass is 303 g/mol. The van der Waals surface area contributed by atoms with Crippen molar-refractivity contribution in [1.82, 2.24) is 5.32 Å². The van der Waals surface area contributed by atoms with Crippen LogP contribution in [-0.4, -0.2) is 20.3 Å². The van der Waals surface area contributed by atoms with Crippen molar-refractivity contribution < 1.29 is 4.74 Å². The van der Waals surface area contributed by atoms with Crippen molar-refractivity contribution in [2.45, 2.75) is 39.2 Å². The zero-order valence-electron chi connectivity index (χ0n) is 13.2. The third kappa shape index (κ3) is 3.15. The van der Waals surface area contributed by atoms with Crippen LogP contribution in [0.1, 0.15) is 42.7 Å². The lowest BCUT2D eigenvalue weighted by Crippen LogP contribution is -2.27. The third-order valence-electron chi connectivity index (χ3n) is 4.85. The van der Waals surface area contributed by atoms with Crippen LogP contribution in [0.5, 0.6) is 0 Å². The molecule has 1 atom stereocenters. The first-order chi connectivity index (χ1) is 10.2. The van der Waals surface area contributed by atoms with E-state index < -0.39 is 0 Å². The van der Waals surface area contributed by atoms with Gasteiger partial charge in [-0.2, -0.15) is 0 Å². The minimum Gasteiger partial charge on any atom is -0.385 e. The van der Waals surface area contributed by atoms with Crippen LogP contribution < -0.4 is 5.32 Å². The molecule has 3 heteroatoms. The van der Waals surface area contributed by atoms with Crippen LogP contribution in [0.2, 0.25) is 0 Å². The highest BCUT2D eigenvalue weighted by atomic mass is 32.1. The molecule has 0 saturated heterocycles. The van der Waals surface area contributed by atoms with Gasteiger partial charge in [0, 0.05) is 35.9 Å². The number of thiophene rings is 1. The molecule has 2 nitrogen and oxygen atoms in total. The van der Waals surface area contributed by atoms with Gasteiger partial charge in [0.15, 0.2) is 0 Å². The number of nitrogens with one attached hydrogen (secondary N) is 1. The second-order valence-corrected chi connectivity index (χ2v) is 7.52. The summed E-state index contributed by atoms with van der Waals surface area (Å²) in [4.78, 5) is 1.48. The quantitative estimate of drug-likeness (QED) is 0.802. The van der Waals surface area contributed by atoms with E-state index in [9.17, 15) is 0 Å². The Morgan fingerprint density at radius 1 is 1.33 bits per heavy atom. The Bertz CT molecular complexity index is 615. The van der Waals surface area contributed by atoms with Crippen LogP contribution in [0.3, 0.4) is 0 Å². The van der Waals surface area contributed by atoms with Gasteiger partial charge in [0.2, 0.25) is 0 Å². The summed E-state index contributed by atoms with van der Waals surface area (Å²) in [5.41, 5.74) is 1.95. The molecule has 0 amide bonds. The second kappa shape index (κ2) is 6.07. The molecule has 1 aliphatic rings. The lowest BCUT2D eigenvalue weighted by molar-refractivity contribution is 0.170. The van der Waals surface area contributed by atoms with Crippen LogP contribution in [0, 0.1) is 12.3 Å². The molecule has 1 unspecified atom stereocenters. The van der Waals surface area contributed by atoms with Gasteiger partial charge in [0.1, 0.15) is 0 Å². The number of methoxy groups -OCH3 is 1. The van der Waals surface area contributed by atoms with Gasteiger partial charge in [-0.3, -0.25) is 0 Å². The van der Waals surface area contributed by atoms with Gasteiger partial charge < -0.3 is 10.1 Å². The molecule has 114 valence electrons. The number of benzene rings is 1. The third-order valence-corrected chi connectivity index (χ3v) is 6.31. The number of aryl methyl sites for hydroxylation is 1. The zero-order chi connectivity index (χ0) is 14.9. The molecule has 1 aromatic heterocycles. The fourth-order valence-electron chi connectivity index (χ4n) is 3.08. The van der Waals surface area contributed by atoms with Gasteiger partial charge >= 0.3 is 0 Å². The largest absolute Gasteiger partial charge is 0.385 e. The summed E-state index contributed by atoms with van der Waals surface area (Å²) in [6.07, 6.45) is 3.89. The van der Waals surface area contributed by atoms with Gasteiger partial charge in [-0.1, -0.05) is 18.2 Å². The maximum absolute atomic E-state index is 5.24. The lowest BCUT2D eigenvalue weighted by atomic mass is 10.0. The molecule has 0 aliphatic heterocycles. The van der Waals surface area contributed by atoms with Crippen molar-refractivity contribution in [3.05, 3.63) is 34.7 Å². The maximum Gasteiger partial charge on any atom is 0.0468 e. The summed E-state index contributed by atoms with van der Waals surface area (Å²) < 4.78 is 6.64. The zero-order valence-corrected chi connectivity index (χ0v) is 14.1. The van der Waals surface area contributed by atoms with Crippen LogP contribution >= 0.6 is 11.3 Å². The van der Waals surface area contributed by atoms with E-state index in [0.717, 1.165) is 13.2 Å². The summed E-state index contributed by atoms with van der Waals surface area (Å²) >= 11 is 1.93. The maximum atomic E-state index is 5.24. The Balaban J connectivity index is 1.67. The highest BCUT2D eigenvalue weighted by Crippen LogP contribution is 2.48. The van der Waals surface area contributed by atoms with Crippen LogP contribution in [-0.2, 0) is 4.74 Å². The molecule has 0 radical (unpaired) electrons. The van der Waals surface area contributed by atoms with Crippen molar-refractivity contribution in [2.24, 2.45) is 5.41 Å². The van der Waals surface area contributed by atoms with Gasteiger partial charge in [-0.15, -0.1) is 11.3 Å². The first-order valence-electron chi connectivity index (χ1n) is 7.85. The average Bonchev–Trinajstić information content (AvgIpc) is 3.21. The molecule has 1 saturated carbocycles. The molecule has 2 aromatic rings. The average molecular weight is 303 g/mol. The van der Waals surface area contributed by atoms with Gasteiger partial charge in [-0.25, -0.2) is 0 Å². The Hall–Kier alpha value is -0.900. The lowest BCUT2D eigenvalue weighted by Gasteiger charge is -2.20. The first kappa shape index (κ1) is 15.0. The van der Waals surface area contributed by atoms with Crippen molar-refractivity contribution in [1.29, 1.82) is 0 Å². The Morgan fingerprint density at radius 2 is 2.10 bits per heavy atom. The summed E-state index contributed by atoms with van der Waals surface area (Å²) in [6, 6.07) is 9.16. The predicted octanol–water partition coefficient (Wildman–Crippen LogP) is 4.68. The molecule has 21 heavy (non-hydrogen) atoms. The smallest absolute Gasteiger partial charge is 0.0468 e. The predicted molar refractivity (Wildman–Crippen MR) is 91.1 cm³/mol. The Morgan fingerprint density at radius 3 is 2.76 bits per heavy atom. The van der Waals surface area contributed by atoms with Crippen LogP contribution in [0.4, 0.5) is 0 Å². The van der Waals surface area contributed by atoms with Gasteiger partial charge in [0.25, 0.3) is 0 Å². The summed E-state index contributed by atoms with van der Waals surface area (Å²) in [5.74, 6) is 0. The fourth-order valence-corrected chi connectivity index (χ4v) is 4.32. The van der Waals surface area contributed by atoms with Crippen molar-refractivity contribution >= 4 is 21.4 Å². The molecule has 0 bridgehead atoms. The second-order valence-electron chi connectivity index (χ2n) is 6.43. The van der Waals surface area contributed by atoms with Gasteiger partial charge in [0.05, 0.1) is 0 Å². The molecule has 1 aliphatic carbocycles. The van der Waals surface area contributed by atoms with Crippen LogP contribution in [0.25, 0.3) is 10.1 Å². The van der Waals surface area contributed by atoms with E-state index in [1.165, 1.54) is 39.8 Å². The standard InChI is InChI=1S/C18H25NOS/c1-13-15-6-4-5-7-16(15)21-17(13)14(2)19-12-18(8-9-18)10-11-20-3/h4-7,14,19H,8-12H2,1-3H3. The summed E-state index contributed by atoms with van der Waals surface area (Å²) in [5, 5.41) is 5.18. The molecule has 1 N–H and O–H groups in total. The van der Waals surface area contributed by atoms with Gasteiger partial charge in [-0.05, 0) is 55.5 Å². The Kier molecular flexibility index (Phi) is 4.34.